The van der Waals surface area contributed by atoms with Crippen LogP contribution in [0, 0.1) is 0 Å². The fourth-order valence-corrected chi connectivity index (χ4v) is 5.31. The van der Waals surface area contributed by atoms with Crippen LogP contribution >= 0.6 is 0 Å². The number of carbonyl (C=O) groups excluding carboxylic acids is 1. The Morgan fingerprint density at radius 2 is 0.956 bits per heavy atom. The van der Waals surface area contributed by atoms with Crippen LogP contribution in [0.4, 0.5) is 0 Å². The molecule has 0 heterocycles. The van der Waals surface area contributed by atoms with E-state index in [2.05, 4.69) is 107 Å². The van der Waals surface area contributed by atoms with E-state index >= 15 is 0 Å². The van der Waals surface area contributed by atoms with E-state index in [1.54, 1.807) is 0 Å². The Morgan fingerprint density at radius 1 is 0.667 bits per heavy atom. The first-order valence-electron chi connectivity index (χ1n) is 15.9. The first-order chi connectivity index (χ1) is 19.9. The molecule has 2 N–H and O–H groups in total. The summed E-state index contributed by atoms with van der Waals surface area (Å²) >= 11 is 0. The van der Waals surface area contributed by atoms with Gasteiger partial charge in [0, 0.05) is 57.7 Å². The number of aromatic hydroxyl groups is 2. The maximum Gasteiger partial charge on any atom is 0.128 e. The van der Waals surface area contributed by atoms with Crippen LogP contribution in [0.5, 0.6) is 11.5 Å². The molecule has 251 valence electrons. The van der Waals surface area contributed by atoms with Gasteiger partial charge in [0.1, 0.15) is 11.5 Å². The zero-order valence-electron chi connectivity index (χ0n) is 29.9. The zero-order chi connectivity index (χ0) is 33.8. The van der Waals surface area contributed by atoms with Crippen LogP contribution in [-0.4, -0.2) is 40.7 Å². The molecule has 3 rings (SSSR count). The normalized spacial score (nSPS) is 18.0. The third kappa shape index (κ3) is 11.6. The molecule has 2 aromatic rings. The largest absolute Gasteiger partial charge is 0.550 e. The number of benzene rings is 2. The van der Waals surface area contributed by atoms with Crippen LogP contribution in [-0.2, 0) is 43.5 Å². The smallest absolute Gasteiger partial charge is 0.128 e. The molecular weight excluding hydrogens is 603 g/mol. The first kappa shape index (κ1) is 40.4. The Bertz CT molecular complexity index is 1260. The number of carboxylic acid groups (broad SMARTS) is 1. The van der Waals surface area contributed by atoms with E-state index in [0.717, 1.165) is 54.9 Å². The van der Waals surface area contributed by atoms with Gasteiger partial charge in [0.25, 0.3) is 0 Å². The van der Waals surface area contributed by atoms with Crippen molar-refractivity contribution < 1.29 is 37.2 Å². The summed E-state index contributed by atoms with van der Waals surface area (Å²) in [7, 11) is 0. The van der Waals surface area contributed by atoms with Gasteiger partial charge in [-0.15, -0.1) is 0 Å². The minimum atomic E-state index is -1.08. The predicted octanol–water partition coefficient (Wildman–Crippen LogP) is 7.89. The van der Waals surface area contributed by atoms with Gasteiger partial charge in [-0.1, -0.05) is 108 Å². The molecule has 1 radical (unpaired) electrons. The van der Waals surface area contributed by atoms with Crippen LogP contribution in [0.1, 0.15) is 149 Å². The average molecular weight is 661 g/mol. The van der Waals surface area contributed by atoms with Crippen molar-refractivity contribution in [2.75, 3.05) is 0 Å². The summed E-state index contributed by atoms with van der Waals surface area (Å²) in [5.74, 6) is -0.447. The van der Waals surface area contributed by atoms with Gasteiger partial charge in [-0.2, -0.15) is 0 Å². The molecule has 7 heteroatoms. The van der Waals surface area contributed by atoms with E-state index in [-0.39, 0.29) is 50.8 Å². The number of aliphatic imine (C=N–C) groups is 2. The summed E-state index contributed by atoms with van der Waals surface area (Å²) in [6, 6.07) is 8.53. The van der Waals surface area contributed by atoms with Crippen molar-refractivity contribution >= 4 is 18.4 Å². The van der Waals surface area contributed by atoms with Crippen molar-refractivity contribution in [1.29, 1.82) is 0 Å². The Kier molecular flexibility index (Phi) is 13.7. The number of phenolic OH excluding ortho intramolecular Hbond substituents is 2. The molecule has 0 aromatic heterocycles. The van der Waals surface area contributed by atoms with E-state index in [9.17, 15) is 10.2 Å². The quantitative estimate of drug-likeness (QED) is 0.257. The second-order valence-electron chi connectivity index (χ2n) is 16.4. The van der Waals surface area contributed by atoms with Crippen LogP contribution < -0.4 is 5.11 Å². The van der Waals surface area contributed by atoms with Crippen molar-refractivity contribution in [3.63, 3.8) is 0 Å². The average Bonchev–Trinajstić information content (AvgIpc) is 2.84. The van der Waals surface area contributed by atoms with Crippen LogP contribution in [0.25, 0.3) is 0 Å². The zero-order valence-corrected chi connectivity index (χ0v) is 31.1. The topological polar surface area (TPSA) is 105 Å². The van der Waals surface area contributed by atoms with Crippen LogP contribution in [0.15, 0.2) is 34.3 Å². The molecular formula is C38H57MnN2O4-. The third-order valence-corrected chi connectivity index (χ3v) is 8.13. The van der Waals surface area contributed by atoms with Crippen molar-refractivity contribution in [2.45, 2.75) is 149 Å². The molecule has 1 saturated carbocycles. The van der Waals surface area contributed by atoms with Crippen LogP contribution in [0.2, 0.25) is 0 Å². The monoisotopic (exact) mass is 660 g/mol. The van der Waals surface area contributed by atoms with Gasteiger partial charge in [-0.05, 0) is 64.7 Å². The number of hydrogen-bond donors (Lipinski definition) is 2. The molecule has 45 heavy (non-hydrogen) atoms. The maximum atomic E-state index is 11.2. The molecule has 0 spiro atoms. The van der Waals surface area contributed by atoms with E-state index < -0.39 is 5.97 Å². The molecule has 1 aliphatic rings. The van der Waals surface area contributed by atoms with Crippen molar-refractivity contribution in [3.8, 4) is 11.5 Å². The molecule has 1 aliphatic carbocycles. The summed E-state index contributed by atoms with van der Waals surface area (Å²) in [5, 5.41) is 31.3. The van der Waals surface area contributed by atoms with Gasteiger partial charge in [0.05, 0.1) is 12.1 Å². The fraction of sp³-hybridized carbons (Fsp3) is 0.605. The molecule has 0 saturated heterocycles. The summed E-state index contributed by atoms with van der Waals surface area (Å²) in [5.41, 5.74) is 5.39. The summed E-state index contributed by atoms with van der Waals surface area (Å²) in [6.07, 6.45) is 7.90. The van der Waals surface area contributed by atoms with Crippen molar-refractivity contribution in [1.82, 2.24) is 0 Å². The second-order valence-corrected chi connectivity index (χ2v) is 16.4. The number of carboxylic acids is 1. The van der Waals surface area contributed by atoms with Crippen LogP contribution in [0.3, 0.4) is 0 Å². The molecule has 0 amide bonds. The standard InChI is InChI=1S/C36H54N2O2.C2H4O2.Mn/c1-33(2,3)25-17-23(31(39)27(19-25)35(7,8)9)21-37-29-15-13-14-16-30(29)38-22-24-18-26(34(4,5)6)20-28(32(24)40)36(10,11)12;1-2(3)4;/h17-22,29-30,39-40H,13-16H2,1-12H3;1H3,(H,3,4);/p-1. The molecule has 2 unspecified atom stereocenters. The summed E-state index contributed by atoms with van der Waals surface area (Å²) in [6.45, 7) is 27.0. The number of rotatable bonds is 4. The Labute approximate surface area is 283 Å². The molecule has 2 atom stereocenters. The molecule has 6 nitrogen and oxygen atoms in total. The second kappa shape index (κ2) is 15.3. The fourth-order valence-electron chi connectivity index (χ4n) is 5.31. The number of aliphatic carboxylic acids is 1. The van der Waals surface area contributed by atoms with E-state index in [0.29, 0.717) is 11.5 Å². The van der Waals surface area contributed by atoms with E-state index in [1.807, 2.05) is 12.4 Å². The van der Waals surface area contributed by atoms with Crippen molar-refractivity contribution in [3.05, 3.63) is 57.6 Å². The maximum absolute atomic E-state index is 11.2. The molecule has 1 fully saturated rings. The molecule has 2 aromatic carbocycles. The van der Waals surface area contributed by atoms with Gasteiger partial charge in [0.15, 0.2) is 0 Å². The van der Waals surface area contributed by atoms with Gasteiger partial charge in [-0.3, -0.25) is 9.98 Å². The molecule has 0 bridgehead atoms. The SMILES string of the molecule is CC(=O)[O-].CC(C)(C)c1cc(C=NC2CCCCC2N=Cc2cc(C(C)(C)C)cc(C(C)(C)C)c2O)c(O)c(C(C)(C)C)c1.[Mn]. The number of hydrogen-bond acceptors (Lipinski definition) is 6. The molecule has 0 aliphatic heterocycles. The number of carbonyl (C=O) groups is 1. The van der Waals surface area contributed by atoms with Gasteiger partial charge in [-0.25, -0.2) is 0 Å². The Balaban J connectivity index is 0.00000191. The number of phenols is 2. The minimum Gasteiger partial charge on any atom is -0.550 e. The predicted molar refractivity (Wildman–Crippen MR) is 183 cm³/mol. The first-order valence-corrected chi connectivity index (χ1v) is 15.9. The van der Waals surface area contributed by atoms with E-state index in [1.165, 1.54) is 11.1 Å². The number of nitrogens with zero attached hydrogens (tertiary/aromatic N) is 2. The van der Waals surface area contributed by atoms with Gasteiger partial charge in [0.2, 0.25) is 0 Å². The van der Waals surface area contributed by atoms with Crippen molar-refractivity contribution in [2.24, 2.45) is 9.98 Å². The summed E-state index contributed by atoms with van der Waals surface area (Å²) in [4.78, 5) is 18.9. The van der Waals surface area contributed by atoms with Gasteiger partial charge < -0.3 is 20.1 Å². The third-order valence-electron chi connectivity index (χ3n) is 8.13. The summed E-state index contributed by atoms with van der Waals surface area (Å²) < 4.78 is 0. The minimum absolute atomic E-state index is 0. The Morgan fingerprint density at radius 3 is 1.20 bits per heavy atom. The van der Waals surface area contributed by atoms with E-state index in [4.69, 9.17) is 19.9 Å². The van der Waals surface area contributed by atoms with Gasteiger partial charge >= 0.3 is 0 Å². The Hall–Kier alpha value is -2.63.